The van der Waals surface area contributed by atoms with E-state index in [1.54, 1.807) is 18.2 Å². The number of nitrogens with zero attached hydrogens (tertiary/aromatic N) is 2. The van der Waals surface area contributed by atoms with Crippen molar-refractivity contribution in [3.05, 3.63) is 47.0 Å². The van der Waals surface area contributed by atoms with Crippen molar-refractivity contribution in [1.29, 1.82) is 0 Å². The highest BCUT2D eigenvalue weighted by Crippen LogP contribution is 2.25. The molecule has 26 heavy (non-hydrogen) atoms. The van der Waals surface area contributed by atoms with Crippen molar-refractivity contribution in [2.75, 3.05) is 7.11 Å². The molecule has 1 aromatic heterocycles. The third-order valence-electron chi connectivity index (χ3n) is 4.28. The van der Waals surface area contributed by atoms with Crippen LogP contribution in [0.1, 0.15) is 36.0 Å². The Balaban J connectivity index is 1.53. The van der Waals surface area contributed by atoms with Gasteiger partial charge in [0.25, 0.3) is 5.91 Å². The van der Waals surface area contributed by atoms with Crippen LogP contribution in [0, 0.1) is 5.82 Å². The molecule has 1 heterocycles. The van der Waals surface area contributed by atoms with Crippen LogP contribution in [0.4, 0.5) is 4.39 Å². The monoisotopic (exact) mass is 379 g/mol. The summed E-state index contributed by atoms with van der Waals surface area (Å²) in [7, 11) is 1.51. The molecule has 1 aliphatic carbocycles. The molecule has 0 saturated heterocycles. The predicted octanol–water partition coefficient (Wildman–Crippen LogP) is 3.40. The molecule has 0 radical (unpaired) electrons. The summed E-state index contributed by atoms with van der Waals surface area (Å²) in [4.78, 5) is 20.1. The van der Waals surface area contributed by atoms with E-state index in [0.29, 0.717) is 16.3 Å². The molecule has 0 bridgehead atoms. The van der Waals surface area contributed by atoms with Gasteiger partial charge in [-0.2, -0.15) is 0 Å². The smallest absolute Gasteiger partial charge is 0.316 e. The zero-order chi connectivity index (χ0) is 18.5. The second-order valence-corrected chi connectivity index (χ2v) is 6.53. The number of rotatable bonds is 5. The van der Waals surface area contributed by atoms with Crippen molar-refractivity contribution in [2.24, 2.45) is 0 Å². The van der Waals surface area contributed by atoms with Gasteiger partial charge in [-0.3, -0.25) is 4.79 Å². The van der Waals surface area contributed by atoms with E-state index in [9.17, 15) is 9.18 Å². The minimum absolute atomic E-state index is 0.0418. The maximum atomic E-state index is 12.8. The van der Waals surface area contributed by atoms with E-state index in [1.807, 2.05) is 0 Å². The van der Waals surface area contributed by atoms with Crippen LogP contribution < -0.4 is 14.8 Å². The molecule has 1 N–H and O–H groups in total. The Bertz CT molecular complexity index is 765. The van der Waals surface area contributed by atoms with E-state index in [0.717, 1.165) is 38.1 Å². The lowest BCUT2D eigenvalue weighted by atomic mass is 9.92. The Morgan fingerprint density at radius 3 is 2.58 bits per heavy atom. The molecule has 138 valence electrons. The van der Waals surface area contributed by atoms with Gasteiger partial charge < -0.3 is 14.8 Å². The molecule has 1 amide bonds. The van der Waals surface area contributed by atoms with Gasteiger partial charge in [-0.25, -0.2) is 14.4 Å². The zero-order valence-electron chi connectivity index (χ0n) is 14.2. The minimum Gasteiger partial charge on any atom is -0.496 e. The summed E-state index contributed by atoms with van der Waals surface area (Å²) in [6.07, 6.45) is 5.13. The van der Waals surface area contributed by atoms with Crippen LogP contribution in [0.5, 0.6) is 11.8 Å². The van der Waals surface area contributed by atoms with Crippen LogP contribution in [0.15, 0.2) is 30.6 Å². The third kappa shape index (κ3) is 4.60. The van der Waals surface area contributed by atoms with E-state index in [2.05, 4.69) is 15.3 Å². The lowest BCUT2D eigenvalue weighted by Gasteiger charge is -2.29. The van der Waals surface area contributed by atoms with E-state index < -0.39 is 5.82 Å². The van der Waals surface area contributed by atoms with Gasteiger partial charge in [-0.05, 0) is 43.9 Å². The molecule has 1 saturated carbocycles. The van der Waals surface area contributed by atoms with Crippen molar-refractivity contribution in [1.82, 2.24) is 15.3 Å². The molecule has 0 aliphatic heterocycles. The molecule has 6 nitrogen and oxygen atoms in total. The van der Waals surface area contributed by atoms with Gasteiger partial charge in [-0.15, -0.1) is 0 Å². The number of ether oxygens (including phenoxy) is 2. The van der Waals surface area contributed by atoms with E-state index in [4.69, 9.17) is 21.1 Å². The van der Waals surface area contributed by atoms with Gasteiger partial charge in [0.2, 0.25) is 0 Å². The molecule has 0 unspecified atom stereocenters. The van der Waals surface area contributed by atoms with E-state index in [-0.39, 0.29) is 24.1 Å². The van der Waals surface area contributed by atoms with E-state index >= 15 is 0 Å². The number of methoxy groups -OCH3 is 1. The highest BCUT2D eigenvalue weighted by atomic mass is 35.5. The van der Waals surface area contributed by atoms with Crippen molar-refractivity contribution < 1.29 is 18.7 Å². The summed E-state index contributed by atoms with van der Waals surface area (Å²) in [5.41, 5.74) is 0.415. The van der Waals surface area contributed by atoms with Crippen LogP contribution in [0.3, 0.4) is 0 Å². The summed E-state index contributed by atoms with van der Waals surface area (Å²) in [5, 5.41) is 3.49. The van der Waals surface area contributed by atoms with E-state index in [1.165, 1.54) is 7.11 Å². The average Bonchev–Trinajstić information content (AvgIpc) is 2.65. The molecular formula is C18H19ClFN3O3. The number of amides is 1. The third-order valence-corrected chi connectivity index (χ3v) is 4.52. The highest BCUT2D eigenvalue weighted by Gasteiger charge is 2.25. The Morgan fingerprint density at radius 2 is 1.92 bits per heavy atom. The maximum absolute atomic E-state index is 12.8. The fourth-order valence-electron chi connectivity index (χ4n) is 2.96. The molecule has 1 aromatic carbocycles. The number of aromatic nitrogens is 2. The van der Waals surface area contributed by atoms with Gasteiger partial charge in [-0.1, -0.05) is 11.6 Å². The lowest BCUT2D eigenvalue weighted by Crippen LogP contribution is -2.39. The summed E-state index contributed by atoms with van der Waals surface area (Å²) in [5.74, 6) is -0.229. The number of hydrogen-bond donors (Lipinski definition) is 1. The van der Waals surface area contributed by atoms with Crippen molar-refractivity contribution in [3.63, 3.8) is 0 Å². The molecule has 8 heteroatoms. The molecular weight excluding hydrogens is 361 g/mol. The van der Waals surface area contributed by atoms with Gasteiger partial charge >= 0.3 is 6.01 Å². The first-order chi connectivity index (χ1) is 12.5. The average molecular weight is 380 g/mol. The van der Waals surface area contributed by atoms with Crippen LogP contribution in [0.2, 0.25) is 5.02 Å². The Hall–Kier alpha value is -2.41. The maximum Gasteiger partial charge on any atom is 0.316 e. The summed E-state index contributed by atoms with van der Waals surface area (Å²) in [6, 6.07) is 5.15. The highest BCUT2D eigenvalue weighted by molar-refractivity contribution is 6.31. The summed E-state index contributed by atoms with van der Waals surface area (Å²) in [6.45, 7) is 0. The van der Waals surface area contributed by atoms with Crippen LogP contribution >= 0.6 is 11.6 Å². The number of nitrogens with one attached hydrogen (secondary N) is 1. The van der Waals surface area contributed by atoms with Crippen molar-refractivity contribution in [2.45, 2.75) is 37.8 Å². The predicted molar refractivity (Wildman–Crippen MR) is 94.1 cm³/mol. The number of benzene rings is 1. The first kappa shape index (κ1) is 18.4. The van der Waals surface area contributed by atoms with Gasteiger partial charge in [0.15, 0.2) is 5.82 Å². The Kier molecular flexibility index (Phi) is 5.88. The molecule has 1 fully saturated rings. The molecule has 0 atom stereocenters. The van der Waals surface area contributed by atoms with Crippen LogP contribution in [0.25, 0.3) is 0 Å². The number of halogens is 2. The molecule has 1 aliphatic rings. The van der Waals surface area contributed by atoms with Crippen molar-refractivity contribution >= 4 is 17.5 Å². The second-order valence-electron chi connectivity index (χ2n) is 6.09. The van der Waals surface area contributed by atoms with Crippen LogP contribution in [-0.4, -0.2) is 35.1 Å². The first-order valence-electron chi connectivity index (χ1n) is 8.33. The number of carbonyl (C=O) groups excluding carboxylic acids is 1. The summed E-state index contributed by atoms with van der Waals surface area (Å²) < 4.78 is 23.7. The zero-order valence-corrected chi connectivity index (χ0v) is 15.0. The standard InChI is InChI=1S/C18H19ClFN3O3/c1-25-16-7-2-11(19)8-15(16)17(24)23-13-3-5-14(6-4-13)26-18-21-9-12(20)10-22-18/h2,7-10,13-14H,3-6H2,1H3,(H,23,24). The topological polar surface area (TPSA) is 73.3 Å². The van der Waals surface area contributed by atoms with Crippen molar-refractivity contribution in [3.8, 4) is 11.8 Å². The van der Waals surface area contributed by atoms with Gasteiger partial charge in [0.1, 0.15) is 11.9 Å². The Morgan fingerprint density at radius 1 is 1.23 bits per heavy atom. The van der Waals surface area contributed by atoms with Gasteiger partial charge in [0.05, 0.1) is 25.1 Å². The quantitative estimate of drug-likeness (QED) is 0.861. The van der Waals surface area contributed by atoms with Crippen LogP contribution in [-0.2, 0) is 0 Å². The SMILES string of the molecule is COc1ccc(Cl)cc1C(=O)NC1CCC(Oc2ncc(F)cn2)CC1. The molecule has 3 rings (SSSR count). The normalized spacial score (nSPS) is 19.7. The number of carbonyl (C=O) groups is 1. The number of hydrogen-bond acceptors (Lipinski definition) is 5. The summed E-state index contributed by atoms with van der Waals surface area (Å²) >= 11 is 5.98. The molecule has 0 spiro atoms. The fourth-order valence-corrected chi connectivity index (χ4v) is 3.13. The lowest BCUT2D eigenvalue weighted by molar-refractivity contribution is 0.0882. The molecule has 2 aromatic rings. The van der Waals surface area contributed by atoms with Gasteiger partial charge in [0, 0.05) is 11.1 Å². The first-order valence-corrected chi connectivity index (χ1v) is 8.71. The largest absolute Gasteiger partial charge is 0.496 e. The second kappa shape index (κ2) is 8.31. The fraction of sp³-hybridized carbons (Fsp3) is 0.389. The minimum atomic E-state index is -0.500. The Labute approximate surface area is 155 Å².